The van der Waals surface area contributed by atoms with Gasteiger partial charge in [-0.15, -0.1) is 0 Å². The van der Waals surface area contributed by atoms with E-state index in [0.29, 0.717) is 11.6 Å². The summed E-state index contributed by atoms with van der Waals surface area (Å²) in [5.74, 6) is -2.50. The Hall–Kier alpha value is -4.13. The van der Waals surface area contributed by atoms with Crippen molar-refractivity contribution in [2.75, 3.05) is 16.9 Å². The average molecular weight is 492 g/mol. The van der Waals surface area contributed by atoms with Crippen molar-refractivity contribution in [1.29, 1.82) is 0 Å². The topological polar surface area (TPSA) is 92.3 Å². The van der Waals surface area contributed by atoms with Crippen molar-refractivity contribution in [3.8, 4) is 11.1 Å². The van der Waals surface area contributed by atoms with Crippen LogP contribution in [0.1, 0.15) is 17.3 Å². The molecule has 1 aliphatic heterocycles. The molecule has 1 aromatic carbocycles. The highest BCUT2D eigenvalue weighted by Crippen LogP contribution is 2.33. The van der Waals surface area contributed by atoms with Gasteiger partial charge >= 0.3 is 12.1 Å². The molecule has 8 nitrogen and oxygen atoms in total. The lowest BCUT2D eigenvalue weighted by Crippen LogP contribution is -2.44. The summed E-state index contributed by atoms with van der Waals surface area (Å²) in [6.45, 7) is 1.78. The van der Waals surface area contributed by atoms with Crippen LogP contribution in [0.25, 0.3) is 11.1 Å². The maximum atomic E-state index is 13.6. The van der Waals surface area contributed by atoms with Crippen molar-refractivity contribution >= 4 is 23.4 Å². The van der Waals surface area contributed by atoms with Gasteiger partial charge in [0.1, 0.15) is 17.7 Å². The first-order chi connectivity index (χ1) is 16.6. The van der Waals surface area contributed by atoms with Crippen LogP contribution in [0.4, 0.5) is 39.4 Å². The fourth-order valence-electron chi connectivity index (χ4n) is 3.21. The second-order valence-electron chi connectivity index (χ2n) is 7.26. The molecule has 0 saturated heterocycles. The van der Waals surface area contributed by atoms with Crippen LogP contribution in [0, 0.1) is 11.6 Å². The molecule has 35 heavy (non-hydrogen) atoms. The third-order valence-corrected chi connectivity index (χ3v) is 4.73. The predicted molar refractivity (Wildman–Crippen MR) is 115 cm³/mol. The van der Waals surface area contributed by atoms with Crippen molar-refractivity contribution < 1.29 is 31.5 Å². The van der Waals surface area contributed by atoms with E-state index in [4.69, 9.17) is 4.74 Å². The molecule has 2 aromatic heterocycles. The number of pyridine rings is 1. The number of ether oxygens (including phenoxy) is 1. The molecule has 182 valence electrons. The van der Waals surface area contributed by atoms with Gasteiger partial charge in [0.15, 0.2) is 5.82 Å². The number of nitrogens with one attached hydrogen (secondary N) is 2. The summed E-state index contributed by atoms with van der Waals surface area (Å²) >= 11 is 0. The molecule has 0 radical (unpaired) electrons. The molecule has 0 saturated carbocycles. The summed E-state index contributed by atoms with van der Waals surface area (Å²) < 4.78 is 71.7. The molecular weight excluding hydrogens is 475 g/mol. The van der Waals surface area contributed by atoms with Gasteiger partial charge in [0.25, 0.3) is 0 Å². The summed E-state index contributed by atoms with van der Waals surface area (Å²) in [6.07, 6.45) is 1.41. The second kappa shape index (κ2) is 9.62. The highest BCUT2D eigenvalue weighted by Gasteiger charge is 2.41. The molecule has 1 unspecified atom stereocenters. The summed E-state index contributed by atoms with van der Waals surface area (Å²) in [5, 5.41) is 3.65. The van der Waals surface area contributed by atoms with E-state index >= 15 is 0 Å². The van der Waals surface area contributed by atoms with Crippen LogP contribution >= 0.6 is 0 Å². The zero-order valence-electron chi connectivity index (χ0n) is 18.0. The molecule has 3 aromatic rings. The Morgan fingerprint density at radius 3 is 2.54 bits per heavy atom. The summed E-state index contributed by atoms with van der Waals surface area (Å²) in [7, 11) is 0. The molecule has 4 rings (SSSR count). The maximum Gasteiger partial charge on any atom is 0.409 e. The van der Waals surface area contributed by atoms with Crippen molar-refractivity contribution in [1.82, 2.24) is 20.4 Å². The van der Waals surface area contributed by atoms with Crippen molar-refractivity contribution in [3.63, 3.8) is 0 Å². The Labute approximate surface area is 195 Å². The van der Waals surface area contributed by atoms with Gasteiger partial charge in [-0.25, -0.2) is 24.0 Å². The zero-order chi connectivity index (χ0) is 25.2. The molecule has 0 spiro atoms. The number of esters is 1. The van der Waals surface area contributed by atoms with Gasteiger partial charge in [-0.3, -0.25) is 9.99 Å². The predicted octanol–water partition coefficient (Wildman–Crippen LogP) is 4.51. The van der Waals surface area contributed by atoms with E-state index in [2.05, 4.69) is 25.7 Å². The number of alkyl halides is 3. The van der Waals surface area contributed by atoms with Gasteiger partial charge in [-0.05, 0) is 31.2 Å². The van der Waals surface area contributed by atoms with Gasteiger partial charge < -0.3 is 10.1 Å². The number of carbonyl (C=O) groups is 1. The van der Waals surface area contributed by atoms with E-state index in [1.807, 2.05) is 0 Å². The van der Waals surface area contributed by atoms with Crippen LogP contribution in [0.3, 0.4) is 0 Å². The van der Waals surface area contributed by atoms with Crippen LogP contribution in [0.15, 0.2) is 55.1 Å². The molecule has 0 amide bonds. The van der Waals surface area contributed by atoms with E-state index in [1.54, 1.807) is 6.92 Å². The van der Waals surface area contributed by atoms with Crippen molar-refractivity contribution in [3.05, 3.63) is 72.3 Å². The maximum absolute atomic E-state index is 13.6. The molecule has 13 heteroatoms. The first-order valence-electron chi connectivity index (χ1n) is 10.2. The number of carbonyl (C=O) groups excluding carboxylic acids is 1. The first kappa shape index (κ1) is 24.0. The summed E-state index contributed by atoms with van der Waals surface area (Å²) in [4.78, 5) is 24.5. The average Bonchev–Trinajstić information content (AvgIpc) is 3.30. The summed E-state index contributed by atoms with van der Waals surface area (Å²) in [5.41, 5.74) is 2.92. The molecular formula is C22H17F5N6O2. The molecule has 0 aliphatic carbocycles. The quantitative estimate of drug-likeness (QED) is 0.384. The van der Waals surface area contributed by atoms with Crippen LogP contribution in [-0.4, -0.2) is 39.7 Å². The third-order valence-electron chi connectivity index (χ3n) is 4.73. The number of benzene rings is 1. The smallest absolute Gasteiger partial charge is 0.409 e. The monoisotopic (exact) mass is 492 g/mol. The van der Waals surface area contributed by atoms with Crippen molar-refractivity contribution in [2.45, 2.75) is 19.1 Å². The van der Waals surface area contributed by atoms with Crippen molar-refractivity contribution in [2.24, 2.45) is 0 Å². The van der Waals surface area contributed by atoms with Crippen LogP contribution in [0.2, 0.25) is 0 Å². The van der Waals surface area contributed by atoms with E-state index < -0.39 is 29.8 Å². The fraction of sp³-hybridized carbons (Fsp3) is 0.182. The summed E-state index contributed by atoms with van der Waals surface area (Å²) in [6, 6.07) is 2.15. The zero-order valence-corrected chi connectivity index (χ0v) is 18.0. The Kier molecular flexibility index (Phi) is 6.60. The largest absolute Gasteiger partial charge is 0.462 e. The minimum absolute atomic E-state index is 0.00901. The van der Waals surface area contributed by atoms with E-state index in [1.165, 1.54) is 24.7 Å². The number of aromatic nitrogens is 3. The lowest BCUT2D eigenvalue weighted by molar-refractivity contribution is -0.142. The minimum atomic E-state index is -4.57. The second-order valence-corrected chi connectivity index (χ2v) is 7.26. The van der Waals surface area contributed by atoms with Gasteiger partial charge in [-0.1, -0.05) is 0 Å². The number of nitrogens with zero attached hydrogens (tertiary/aromatic N) is 4. The Morgan fingerprint density at radius 1 is 1.14 bits per heavy atom. The molecule has 3 heterocycles. The lowest BCUT2D eigenvalue weighted by atomic mass is 10.1. The van der Waals surface area contributed by atoms with E-state index in [9.17, 15) is 26.7 Å². The number of halogens is 5. The van der Waals surface area contributed by atoms with E-state index in [-0.39, 0.29) is 35.2 Å². The lowest BCUT2D eigenvalue weighted by Gasteiger charge is -2.23. The molecule has 0 bridgehead atoms. The van der Waals surface area contributed by atoms with Gasteiger partial charge in [-0.2, -0.15) is 18.2 Å². The normalized spacial score (nSPS) is 15.4. The Bertz CT molecular complexity index is 1260. The van der Waals surface area contributed by atoms with E-state index in [0.717, 1.165) is 29.4 Å². The molecule has 1 aliphatic rings. The molecule has 0 fully saturated rings. The van der Waals surface area contributed by atoms with Crippen LogP contribution in [0.5, 0.6) is 0 Å². The highest BCUT2D eigenvalue weighted by molar-refractivity contribution is 5.91. The van der Waals surface area contributed by atoms with Crippen LogP contribution in [-0.2, 0) is 4.74 Å². The highest BCUT2D eigenvalue weighted by atomic mass is 19.4. The SMILES string of the molecule is CCOC(=O)c1cncc(-c2cnc(Nc3cc(F)cc(F)c3)nc2N2C=CC(C(F)(F)F)N2)c1. The first-order valence-corrected chi connectivity index (χ1v) is 10.2. The fourth-order valence-corrected chi connectivity index (χ4v) is 3.21. The van der Waals surface area contributed by atoms with Gasteiger partial charge in [0, 0.05) is 47.7 Å². The molecule has 2 N–H and O–H groups in total. The Morgan fingerprint density at radius 2 is 1.89 bits per heavy atom. The Balaban J connectivity index is 1.74. The number of rotatable bonds is 6. The van der Waals surface area contributed by atoms with Crippen LogP contribution < -0.4 is 15.8 Å². The number of hydrogen-bond donors (Lipinski definition) is 2. The van der Waals surface area contributed by atoms with Gasteiger partial charge in [0.2, 0.25) is 5.95 Å². The number of anilines is 3. The molecule has 1 atom stereocenters. The van der Waals surface area contributed by atoms with Gasteiger partial charge in [0.05, 0.1) is 12.2 Å². The standard InChI is InChI=1S/C22H17F5N6O2/c1-2-35-20(34)13-5-12(9-28-10-13)17-11-29-21(30-16-7-14(23)6-15(24)8-16)31-19(17)33-4-3-18(32-33)22(25,26)27/h3-11,18,32H,2H2,1H3,(H,29,30,31). The number of hydrazine groups is 1. The third kappa shape index (κ3) is 5.51. The number of hydrogen-bond acceptors (Lipinski definition) is 8. The minimum Gasteiger partial charge on any atom is -0.462 e.